The molecule has 1 aliphatic rings. The molecule has 0 N–H and O–H groups in total. The van der Waals surface area contributed by atoms with E-state index in [-0.39, 0.29) is 4.92 Å². The SMILES string of the molecule is CC1([N+](=O)[O-])C=CC=CC1. The predicted octanol–water partition coefficient (Wildman–Crippen LogP) is 1.54. The van der Waals surface area contributed by atoms with Crippen LogP contribution in [0.5, 0.6) is 0 Å². The van der Waals surface area contributed by atoms with E-state index in [9.17, 15) is 10.1 Å². The van der Waals surface area contributed by atoms with E-state index in [0.717, 1.165) is 0 Å². The third-order valence-corrected chi connectivity index (χ3v) is 1.65. The van der Waals surface area contributed by atoms with Gasteiger partial charge in [0, 0.05) is 18.3 Å². The van der Waals surface area contributed by atoms with Crippen molar-refractivity contribution in [2.45, 2.75) is 18.9 Å². The highest BCUT2D eigenvalue weighted by atomic mass is 16.6. The van der Waals surface area contributed by atoms with Gasteiger partial charge in [-0.25, -0.2) is 0 Å². The van der Waals surface area contributed by atoms with Crippen LogP contribution in [0.1, 0.15) is 13.3 Å². The molecule has 0 fully saturated rings. The first kappa shape index (κ1) is 6.99. The van der Waals surface area contributed by atoms with E-state index in [1.165, 1.54) is 0 Å². The Morgan fingerprint density at radius 2 is 2.30 bits per heavy atom. The second-order valence-corrected chi connectivity index (χ2v) is 2.61. The molecule has 1 unspecified atom stereocenters. The summed E-state index contributed by atoms with van der Waals surface area (Å²) in [6, 6.07) is 0. The standard InChI is InChI=1S/C7H9NO2/c1-7(8(9)10)5-3-2-4-6-7/h2-5H,6H2,1H3. The van der Waals surface area contributed by atoms with Gasteiger partial charge in [-0.05, 0) is 6.08 Å². The van der Waals surface area contributed by atoms with Gasteiger partial charge in [0.15, 0.2) is 0 Å². The van der Waals surface area contributed by atoms with Crippen molar-refractivity contribution in [2.75, 3.05) is 0 Å². The number of rotatable bonds is 1. The molecule has 1 atom stereocenters. The molecule has 0 radical (unpaired) electrons. The molecule has 0 aromatic heterocycles. The largest absolute Gasteiger partial charge is 0.264 e. The predicted molar refractivity (Wildman–Crippen MR) is 38.3 cm³/mol. The Bertz CT molecular complexity index is 208. The van der Waals surface area contributed by atoms with Crippen LogP contribution in [0, 0.1) is 10.1 Å². The monoisotopic (exact) mass is 139 g/mol. The van der Waals surface area contributed by atoms with Crippen molar-refractivity contribution in [1.82, 2.24) is 0 Å². The quantitative estimate of drug-likeness (QED) is 0.408. The number of nitrogens with zero attached hydrogens (tertiary/aromatic N) is 1. The molecule has 0 saturated heterocycles. The topological polar surface area (TPSA) is 43.1 Å². The molecule has 0 heterocycles. The van der Waals surface area contributed by atoms with Gasteiger partial charge >= 0.3 is 0 Å². The maximum atomic E-state index is 10.4. The molecule has 0 spiro atoms. The summed E-state index contributed by atoms with van der Waals surface area (Å²) < 4.78 is 0. The summed E-state index contributed by atoms with van der Waals surface area (Å²) in [5, 5.41) is 10.4. The van der Waals surface area contributed by atoms with Gasteiger partial charge in [-0.15, -0.1) is 0 Å². The summed E-state index contributed by atoms with van der Waals surface area (Å²) in [7, 11) is 0. The molecule has 1 rings (SSSR count). The molecule has 54 valence electrons. The highest BCUT2D eigenvalue weighted by Gasteiger charge is 2.32. The molecule has 0 aromatic carbocycles. The molecule has 0 aromatic rings. The second kappa shape index (κ2) is 2.25. The fourth-order valence-corrected chi connectivity index (χ4v) is 0.851. The highest BCUT2D eigenvalue weighted by molar-refractivity contribution is 5.16. The Morgan fingerprint density at radius 1 is 1.60 bits per heavy atom. The van der Waals surface area contributed by atoms with Crippen LogP contribution in [0.3, 0.4) is 0 Å². The zero-order chi connectivity index (χ0) is 7.61. The van der Waals surface area contributed by atoms with Crippen molar-refractivity contribution in [2.24, 2.45) is 0 Å². The molecule has 0 aliphatic heterocycles. The van der Waals surface area contributed by atoms with Gasteiger partial charge in [0.1, 0.15) is 0 Å². The molecule has 10 heavy (non-hydrogen) atoms. The van der Waals surface area contributed by atoms with Crippen molar-refractivity contribution in [3.63, 3.8) is 0 Å². The van der Waals surface area contributed by atoms with Crippen LogP contribution in [0.25, 0.3) is 0 Å². The number of hydrogen-bond donors (Lipinski definition) is 0. The van der Waals surface area contributed by atoms with Gasteiger partial charge in [-0.2, -0.15) is 0 Å². The summed E-state index contributed by atoms with van der Waals surface area (Å²) in [6.07, 6.45) is 7.46. The Hall–Kier alpha value is -1.12. The Kier molecular flexibility index (Phi) is 1.57. The number of allylic oxidation sites excluding steroid dienone is 2. The molecular weight excluding hydrogens is 130 g/mol. The lowest BCUT2D eigenvalue weighted by Crippen LogP contribution is -2.32. The van der Waals surface area contributed by atoms with Gasteiger partial charge in [0.05, 0.1) is 0 Å². The van der Waals surface area contributed by atoms with Crippen LogP contribution in [0.2, 0.25) is 0 Å². The van der Waals surface area contributed by atoms with Crippen molar-refractivity contribution in [1.29, 1.82) is 0 Å². The van der Waals surface area contributed by atoms with E-state index < -0.39 is 5.54 Å². The Balaban J connectivity index is 2.80. The van der Waals surface area contributed by atoms with Crippen LogP contribution >= 0.6 is 0 Å². The van der Waals surface area contributed by atoms with Crippen molar-refractivity contribution in [3.05, 3.63) is 34.4 Å². The molecule has 0 saturated carbocycles. The smallest absolute Gasteiger partial charge is 0.241 e. The fourth-order valence-electron chi connectivity index (χ4n) is 0.851. The highest BCUT2D eigenvalue weighted by Crippen LogP contribution is 2.19. The maximum Gasteiger partial charge on any atom is 0.241 e. The Morgan fingerprint density at radius 3 is 2.60 bits per heavy atom. The maximum absolute atomic E-state index is 10.4. The average molecular weight is 139 g/mol. The Labute approximate surface area is 59.2 Å². The van der Waals surface area contributed by atoms with Crippen LogP contribution in [-0.4, -0.2) is 10.5 Å². The molecule has 3 nitrogen and oxygen atoms in total. The lowest BCUT2D eigenvalue weighted by molar-refractivity contribution is -0.549. The summed E-state index contributed by atoms with van der Waals surface area (Å²) in [5.41, 5.74) is -0.866. The zero-order valence-electron chi connectivity index (χ0n) is 5.78. The van der Waals surface area contributed by atoms with E-state index in [1.807, 2.05) is 12.2 Å². The minimum absolute atomic E-state index is 0.257. The summed E-state index contributed by atoms with van der Waals surface area (Å²) in [4.78, 5) is 10.1. The third kappa shape index (κ3) is 1.07. The van der Waals surface area contributed by atoms with E-state index in [0.29, 0.717) is 6.42 Å². The molecule has 0 amide bonds. The van der Waals surface area contributed by atoms with E-state index >= 15 is 0 Å². The molecule has 0 bridgehead atoms. The van der Waals surface area contributed by atoms with Gasteiger partial charge < -0.3 is 0 Å². The first-order valence-corrected chi connectivity index (χ1v) is 3.14. The third-order valence-electron chi connectivity index (χ3n) is 1.65. The van der Waals surface area contributed by atoms with Crippen LogP contribution in [-0.2, 0) is 0 Å². The van der Waals surface area contributed by atoms with Crippen LogP contribution in [0.15, 0.2) is 24.3 Å². The lowest BCUT2D eigenvalue weighted by Gasteiger charge is -2.16. The van der Waals surface area contributed by atoms with E-state index in [2.05, 4.69) is 0 Å². The molecular formula is C7H9NO2. The zero-order valence-corrected chi connectivity index (χ0v) is 5.78. The average Bonchev–Trinajstić information content (AvgIpc) is 1.89. The van der Waals surface area contributed by atoms with E-state index in [1.54, 1.807) is 19.1 Å². The van der Waals surface area contributed by atoms with E-state index in [4.69, 9.17) is 0 Å². The van der Waals surface area contributed by atoms with Crippen LogP contribution in [0.4, 0.5) is 0 Å². The normalized spacial score (nSPS) is 30.5. The van der Waals surface area contributed by atoms with Crippen LogP contribution < -0.4 is 0 Å². The summed E-state index contributed by atoms with van der Waals surface area (Å²) in [6.45, 7) is 1.62. The minimum Gasteiger partial charge on any atom is -0.264 e. The van der Waals surface area contributed by atoms with Crippen molar-refractivity contribution in [3.8, 4) is 0 Å². The minimum atomic E-state index is -0.866. The lowest BCUT2D eigenvalue weighted by atomic mass is 9.95. The van der Waals surface area contributed by atoms with Gasteiger partial charge in [0.2, 0.25) is 5.54 Å². The van der Waals surface area contributed by atoms with Crippen molar-refractivity contribution >= 4 is 0 Å². The second-order valence-electron chi connectivity index (χ2n) is 2.61. The van der Waals surface area contributed by atoms with Gasteiger partial charge in [-0.1, -0.05) is 18.2 Å². The first-order valence-electron chi connectivity index (χ1n) is 3.14. The summed E-state index contributed by atoms with van der Waals surface area (Å²) >= 11 is 0. The van der Waals surface area contributed by atoms with Gasteiger partial charge in [-0.3, -0.25) is 10.1 Å². The van der Waals surface area contributed by atoms with Gasteiger partial charge in [0.25, 0.3) is 0 Å². The first-order chi connectivity index (χ1) is 4.65. The fraction of sp³-hybridized carbons (Fsp3) is 0.429. The van der Waals surface area contributed by atoms with Crippen molar-refractivity contribution < 1.29 is 4.92 Å². The number of hydrogen-bond acceptors (Lipinski definition) is 2. The molecule has 3 heteroatoms. The summed E-state index contributed by atoms with van der Waals surface area (Å²) in [5.74, 6) is 0. The molecule has 1 aliphatic carbocycles. The number of nitro groups is 1.